The van der Waals surface area contributed by atoms with E-state index in [1.54, 1.807) is 0 Å². The molecule has 0 aliphatic carbocycles. The van der Waals surface area contributed by atoms with Crippen LogP contribution in [-0.2, 0) is 18.4 Å². The summed E-state index contributed by atoms with van der Waals surface area (Å²) in [5.74, 6) is 0.687. The van der Waals surface area contributed by atoms with Gasteiger partial charge in [-0.25, -0.2) is 4.57 Å². The number of rotatable bonds is 15. The minimum Gasteiger partial charge on any atom is -0.303 e. The van der Waals surface area contributed by atoms with E-state index in [2.05, 4.69) is 27.7 Å². The van der Waals surface area contributed by atoms with Crippen LogP contribution >= 0.6 is 7.82 Å². The normalized spacial score (nSPS) is 15.6. The summed E-state index contributed by atoms with van der Waals surface area (Å²) in [5, 5.41) is 0. The quantitative estimate of drug-likeness (QED) is 0.272. The van der Waals surface area contributed by atoms with Crippen molar-refractivity contribution in [3.05, 3.63) is 0 Å². The van der Waals surface area contributed by atoms with Crippen LogP contribution in [0.1, 0.15) is 92.4 Å². The second kappa shape index (κ2) is 18.6. The highest BCUT2D eigenvalue weighted by Gasteiger charge is 2.24. The van der Waals surface area contributed by atoms with Crippen LogP contribution < -0.4 is 0 Å². The molecule has 0 saturated heterocycles. The fraction of sp³-hybridized carbons (Fsp3) is 0.947. The van der Waals surface area contributed by atoms with Gasteiger partial charge in [0.1, 0.15) is 6.29 Å². The largest absolute Gasteiger partial charge is 0.472 e. The molecule has 6 heteroatoms. The van der Waals surface area contributed by atoms with Gasteiger partial charge in [0, 0.05) is 6.42 Å². The SMILES string of the molecule is CCC=O.CCCCC(CC)COP(=O)(O)OCC(CC)CCCC. The van der Waals surface area contributed by atoms with Gasteiger partial charge in [-0.15, -0.1) is 0 Å². The Hall–Kier alpha value is -0.220. The van der Waals surface area contributed by atoms with E-state index < -0.39 is 7.82 Å². The summed E-state index contributed by atoms with van der Waals surface area (Å²) in [5.41, 5.74) is 0. The molecule has 5 nitrogen and oxygen atoms in total. The van der Waals surface area contributed by atoms with Crippen LogP contribution in [0.5, 0.6) is 0 Å². The lowest BCUT2D eigenvalue weighted by Crippen LogP contribution is -2.12. The Bertz CT molecular complexity index is 312. The third kappa shape index (κ3) is 18.4. The van der Waals surface area contributed by atoms with Crippen LogP contribution in [0, 0.1) is 11.8 Å². The van der Waals surface area contributed by atoms with Crippen molar-refractivity contribution >= 4 is 14.1 Å². The second-order valence-electron chi connectivity index (χ2n) is 6.47. The van der Waals surface area contributed by atoms with Crippen molar-refractivity contribution in [1.29, 1.82) is 0 Å². The lowest BCUT2D eigenvalue weighted by Gasteiger charge is -2.20. The van der Waals surface area contributed by atoms with Gasteiger partial charge in [0.15, 0.2) is 0 Å². The summed E-state index contributed by atoms with van der Waals surface area (Å²) in [6.07, 6.45) is 10.1. The molecule has 25 heavy (non-hydrogen) atoms. The van der Waals surface area contributed by atoms with E-state index in [9.17, 15) is 14.3 Å². The summed E-state index contributed by atoms with van der Waals surface area (Å²) in [7, 11) is -3.89. The first-order valence-corrected chi connectivity index (χ1v) is 11.4. The number of hydrogen-bond donors (Lipinski definition) is 1. The standard InChI is InChI=1S/C16H35O4P.C3H6O/c1-5-9-11-15(7-3)13-19-21(17,18)20-14-16(8-4)12-10-6-2;1-2-3-4/h15-16H,5-14H2,1-4H3,(H,17,18);3H,2H2,1H3. The molecule has 0 radical (unpaired) electrons. The summed E-state index contributed by atoms with van der Waals surface area (Å²) >= 11 is 0. The van der Waals surface area contributed by atoms with Crippen LogP contribution in [-0.4, -0.2) is 24.4 Å². The van der Waals surface area contributed by atoms with Crippen LogP contribution in [0.4, 0.5) is 0 Å². The predicted molar refractivity (Wildman–Crippen MR) is 105 cm³/mol. The molecule has 0 aromatic carbocycles. The molecular weight excluding hydrogens is 339 g/mol. The molecule has 0 saturated carbocycles. The number of unbranched alkanes of at least 4 members (excludes halogenated alkanes) is 2. The zero-order chi connectivity index (χ0) is 19.6. The molecule has 0 bridgehead atoms. The van der Waals surface area contributed by atoms with Gasteiger partial charge in [0.05, 0.1) is 13.2 Å². The highest BCUT2D eigenvalue weighted by Crippen LogP contribution is 2.44. The number of carbonyl (C=O) groups is 1. The Morgan fingerprint density at radius 1 is 0.880 bits per heavy atom. The summed E-state index contributed by atoms with van der Waals surface area (Å²) in [6.45, 7) is 10.9. The molecule has 0 aliphatic rings. The van der Waals surface area contributed by atoms with Crippen LogP contribution in [0.25, 0.3) is 0 Å². The maximum absolute atomic E-state index is 11.9. The first-order chi connectivity index (χ1) is 11.9. The van der Waals surface area contributed by atoms with Gasteiger partial charge in [-0.3, -0.25) is 9.05 Å². The fourth-order valence-electron chi connectivity index (χ4n) is 2.23. The Balaban J connectivity index is 0. The predicted octanol–water partition coefficient (Wildman–Crippen LogP) is 6.15. The molecule has 0 spiro atoms. The molecule has 2 unspecified atom stereocenters. The molecular formula is C19H41O5P. The Kier molecular flexibility index (Phi) is 20.1. The molecule has 1 N–H and O–H groups in total. The fourth-order valence-corrected chi connectivity index (χ4v) is 3.11. The van der Waals surface area contributed by atoms with Crippen molar-refractivity contribution in [2.75, 3.05) is 13.2 Å². The Morgan fingerprint density at radius 2 is 1.24 bits per heavy atom. The van der Waals surface area contributed by atoms with E-state index in [-0.39, 0.29) is 0 Å². The number of phosphoric ester groups is 1. The highest BCUT2D eigenvalue weighted by molar-refractivity contribution is 7.47. The maximum Gasteiger partial charge on any atom is 0.472 e. The number of hydrogen-bond acceptors (Lipinski definition) is 4. The topological polar surface area (TPSA) is 72.8 Å². The molecule has 2 atom stereocenters. The average Bonchev–Trinajstić information content (AvgIpc) is 2.62. The van der Waals surface area contributed by atoms with Gasteiger partial charge in [-0.2, -0.15) is 0 Å². The van der Waals surface area contributed by atoms with Gasteiger partial charge >= 0.3 is 7.82 Å². The Labute approximate surface area is 155 Å². The zero-order valence-electron chi connectivity index (χ0n) is 17.0. The van der Waals surface area contributed by atoms with Crippen molar-refractivity contribution in [3.8, 4) is 0 Å². The summed E-state index contributed by atoms with van der Waals surface area (Å²) in [4.78, 5) is 18.9. The summed E-state index contributed by atoms with van der Waals surface area (Å²) in [6, 6.07) is 0. The average molecular weight is 381 g/mol. The third-order valence-electron chi connectivity index (χ3n) is 4.20. The number of carbonyl (C=O) groups excluding carboxylic acids is 1. The molecule has 0 amide bonds. The van der Waals surface area contributed by atoms with Crippen molar-refractivity contribution in [3.63, 3.8) is 0 Å². The van der Waals surface area contributed by atoms with E-state index in [1.807, 2.05) is 6.92 Å². The molecule has 0 aliphatic heterocycles. The minimum absolute atomic E-state index is 0.316. The van der Waals surface area contributed by atoms with Crippen molar-refractivity contribution in [2.24, 2.45) is 11.8 Å². The van der Waals surface area contributed by atoms with Crippen LogP contribution in [0.15, 0.2) is 0 Å². The van der Waals surface area contributed by atoms with Crippen molar-refractivity contribution < 1.29 is 23.3 Å². The van der Waals surface area contributed by atoms with Crippen molar-refractivity contribution in [1.82, 2.24) is 0 Å². The van der Waals surface area contributed by atoms with E-state index in [0.29, 0.717) is 31.5 Å². The first-order valence-electron chi connectivity index (χ1n) is 9.95. The zero-order valence-corrected chi connectivity index (χ0v) is 17.9. The Morgan fingerprint density at radius 3 is 1.48 bits per heavy atom. The summed E-state index contributed by atoms with van der Waals surface area (Å²) < 4.78 is 22.2. The van der Waals surface area contributed by atoms with E-state index >= 15 is 0 Å². The first kappa shape index (κ1) is 27.0. The molecule has 0 aromatic rings. The van der Waals surface area contributed by atoms with Gasteiger partial charge in [-0.1, -0.05) is 73.1 Å². The van der Waals surface area contributed by atoms with Crippen LogP contribution in [0.2, 0.25) is 0 Å². The second-order valence-corrected chi connectivity index (χ2v) is 7.92. The minimum atomic E-state index is -3.89. The third-order valence-corrected chi connectivity index (χ3v) is 5.15. The van der Waals surface area contributed by atoms with Crippen molar-refractivity contribution in [2.45, 2.75) is 92.4 Å². The van der Waals surface area contributed by atoms with E-state index in [4.69, 9.17) is 9.05 Å². The maximum atomic E-state index is 11.9. The van der Waals surface area contributed by atoms with Gasteiger partial charge in [0.2, 0.25) is 0 Å². The van der Waals surface area contributed by atoms with Gasteiger partial charge in [-0.05, 0) is 24.7 Å². The smallest absolute Gasteiger partial charge is 0.303 e. The number of aldehydes is 1. The van der Waals surface area contributed by atoms with Crippen LogP contribution in [0.3, 0.4) is 0 Å². The molecule has 0 rings (SSSR count). The lowest BCUT2D eigenvalue weighted by molar-refractivity contribution is -0.107. The molecule has 0 fully saturated rings. The molecule has 152 valence electrons. The molecule has 0 heterocycles. The lowest BCUT2D eigenvalue weighted by atomic mass is 10.0. The van der Waals surface area contributed by atoms with E-state index in [0.717, 1.165) is 57.7 Å². The molecule has 0 aromatic heterocycles. The van der Waals surface area contributed by atoms with Gasteiger partial charge in [0.25, 0.3) is 0 Å². The highest BCUT2D eigenvalue weighted by atomic mass is 31.2. The number of phosphoric acid groups is 1. The van der Waals surface area contributed by atoms with E-state index in [1.165, 1.54) is 0 Å². The monoisotopic (exact) mass is 380 g/mol. The van der Waals surface area contributed by atoms with Gasteiger partial charge < -0.3 is 9.69 Å².